The molecule has 2 aliphatic rings. The smallest absolute Gasteiger partial charge is 0.0253 e. The number of fused-ring (bicyclic) bond motifs is 6. The molecule has 0 aliphatic heterocycles. The molecule has 0 nitrogen and oxygen atoms in total. The second-order valence-electron chi connectivity index (χ2n) is 8.78. The van der Waals surface area contributed by atoms with Gasteiger partial charge in [-0.2, -0.15) is 59.7 Å². The Labute approximate surface area is 223 Å². The molecule has 5 aromatic carbocycles. The summed E-state index contributed by atoms with van der Waals surface area (Å²) in [5.74, 6) is 0. The molecule has 0 saturated heterocycles. The minimum Gasteiger partial charge on any atom is -0.179 e. The molecule has 0 heterocycles. The van der Waals surface area contributed by atoms with Gasteiger partial charge in [-0.1, -0.05) is 70.8 Å². The van der Waals surface area contributed by atoms with Gasteiger partial charge in [0.25, 0.3) is 0 Å². The molecule has 7 rings (SSSR count). The Kier molecular flexibility index (Phi) is 7.45. The Morgan fingerprint density at radius 2 is 0.971 bits per heavy atom. The van der Waals surface area contributed by atoms with Gasteiger partial charge in [-0.15, -0.1) is 11.1 Å². The molecular formula is C34H26Hf. The quantitative estimate of drug-likeness (QED) is 0.131. The van der Waals surface area contributed by atoms with Crippen LogP contribution >= 0.6 is 0 Å². The van der Waals surface area contributed by atoms with Gasteiger partial charge in [0.05, 0.1) is 0 Å². The number of benzene rings is 5. The first-order chi connectivity index (χ1) is 17.2. The Balaban J connectivity index is 0.000000111. The predicted octanol–water partition coefficient (Wildman–Crippen LogP) is 7.89. The molecule has 0 aromatic heterocycles. The Hall–Kier alpha value is -3.16. The van der Waals surface area contributed by atoms with Crippen LogP contribution in [0.1, 0.15) is 34.7 Å². The number of hydrogen-bond donors (Lipinski definition) is 0. The number of rotatable bonds is 1. The summed E-state index contributed by atoms with van der Waals surface area (Å²) in [7, 11) is 0. The van der Waals surface area contributed by atoms with Crippen molar-refractivity contribution in [3.8, 4) is 22.3 Å². The van der Waals surface area contributed by atoms with Crippen molar-refractivity contribution in [1.29, 1.82) is 0 Å². The van der Waals surface area contributed by atoms with E-state index in [1.807, 2.05) is 18.2 Å². The van der Waals surface area contributed by atoms with Gasteiger partial charge in [-0.25, -0.2) is 0 Å². The summed E-state index contributed by atoms with van der Waals surface area (Å²) in [6.45, 7) is 2.18. The Morgan fingerprint density at radius 3 is 1.43 bits per heavy atom. The van der Waals surface area contributed by atoms with E-state index in [-0.39, 0.29) is 0 Å². The van der Waals surface area contributed by atoms with Crippen molar-refractivity contribution < 1.29 is 23.9 Å². The van der Waals surface area contributed by atoms with Crippen molar-refractivity contribution >= 4 is 3.26 Å². The maximum absolute atomic E-state index is 3.30. The maximum atomic E-state index is 3.30. The SMILES string of the molecule is C[C](=[Hf+2])c1ccccc1.[c-]1cccc2c1Cc1ccccc1-2.[c-]1cccc2c1Cc1ccccc1-2. The van der Waals surface area contributed by atoms with Crippen LogP contribution < -0.4 is 0 Å². The Morgan fingerprint density at radius 1 is 0.543 bits per heavy atom. The predicted molar refractivity (Wildman–Crippen MR) is 143 cm³/mol. The summed E-state index contributed by atoms with van der Waals surface area (Å²) in [4.78, 5) is 0. The van der Waals surface area contributed by atoms with Gasteiger partial charge in [-0.3, -0.25) is 0 Å². The van der Waals surface area contributed by atoms with Gasteiger partial charge in [0.2, 0.25) is 0 Å². The molecule has 0 fully saturated rings. The third-order valence-corrected chi connectivity index (χ3v) is 7.48. The van der Waals surface area contributed by atoms with E-state index in [1.54, 1.807) is 0 Å². The minimum absolute atomic E-state index is 1.05. The minimum atomic E-state index is 1.05. The molecule has 2 aliphatic carbocycles. The van der Waals surface area contributed by atoms with E-state index >= 15 is 0 Å². The molecule has 0 atom stereocenters. The zero-order valence-electron chi connectivity index (χ0n) is 19.9. The standard InChI is InChI=1S/2C13H9.C8H8.Hf/c2*1-3-7-12-10(5-1)9-11-6-2-4-8-13(11)12;1-2-8-6-4-3-5-7-8;/h2*1-5,7-8H,9H2;3-7H,1H3;/q2*-1;;+2. The van der Waals surface area contributed by atoms with Crippen molar-refractivity contribution in [2.24, 2.45) is 0 Å². The fourth-order valence-electron chi connectivity index (χ4n) is 4.68. The molecular weight excluding hydrogens is 587 g/mol. The third-order valence-electron chi connectivity index (χ3n) is 6.44. The Bertz CT molecular complexity index is 1290. The van der Waals surface area contributed by atoms with Gasteiger partial charge in [0, 0.05) is 0 Å². The molecule has 1 heteroatoms. The average Bonchev–Trinajstić information content (AvgIpc) is 3.48. The van der Waals surface area contributed by atoms with E-state index in [1.165, 1.54) is 77.2 Å². The fraction of sp³-hybridized carbons (Fsp3) is 0.0882. The number of hydrogen-bond acceptors (Lipinski definition) is 0. The van der Waals surface area contributed by atoms with Crippen molar-refractivity contribution in [3.05, 3.63) is 155 Å². The molecule has 166 valence electrons. The van der Waals surface area contributed by atoms with Crippen LogP contribution in [0.5, 0.6) is 0 Å². The van der Waals surface area contributed by atoms with Gasteiger partial charge in [0.1, 0.15) is 0 Å². The topological polar surface area (TPSA) is 0 Å². The van der Waals surface area contributed by atoms with Crippen LogP contribution in [0.3, 0.4) is 0 Å². The van der Waals surface area contributed by atoms with Crippen molar-refractivity contribution in [3.63, 3.8) is 0 Å². The molecule has 0 amide bonds. The summed E-state index contributed by atoms with van der Waals surface area (Å²) in [5, 5.41) is 0. The van der Waals surface area contributed by atoms with E-state index in [4.69, 9.17) is 0 Å². The summed E-state index contributed by atoms with van der Waals surface area (Å²) in [5.41, 5.74) is 12.4. The fourth-order valence-corrected chi connectivity index (χ4v) is 5.28. The van der Waals surface area contributed by atoms with Crippen LogP contribution in [0, 0.1) is 12.1 Å². The van der Waals surface area contributed by atoms with Gasteiger partial charge < -0.3 is 0 Å². The van der Waals surface area contributed by atoms with Crippen LogP contribution in [0.2, 0.25) is 0 Å². The molecule has 0 bridgehead atoms. The van der Waals surface area contributed by atoms with Gasteiger partial charge >= 0.3 is 70.0 Å². The van der Waals surface area contributed by atoms with Crippen molar-refractivity contribution in [2.75, 3.05) is 0 Å². The molecule has 0 N–H and O–H groups in total. The zero-order chi connectivity index (χ0) is 24.0. The molecule has 35 heavy (non-hydrogen) atoms. The van der Waals surface area contributed by atoms with E-state index in [2.05, 4.69) is 116 Å². The summed E-state index contributed by atoms with van der Waals surface area (Å²) < 4.78 is 1.51. The average molecular weight is 613 g/mol. The normalized spacial score (nSPS) is 11.5. The maximum Gasteiger partial charge on any atom is -0.0253 e. The van der Waals surface area contributed by atoms with E-state index in [0.29, 0.717) is 0 Å². The van der Waals surface area contributed by atoms with E-state index < -0.39 is 0 Å². The first-order valence-electron chi connectivity index (χ1n) is 12.0. The van der Waals surface area contributed by atoms with Crippen LogP contribution in [0.4, 0.5) is 0 Å². The summed E-state index contributed by atoms with van der Waals surface area (Å²) in [6, 6.07) is 46.7. The summed E-state index contributed by atoms with van der Waals surface area (Å²) in [6.07, 6.45) is 2.10. The first-order valence-corrected chi connectivity index (χ1v) is 13.8. The largest absolute Gasteiger partial charge is 0.179 e. The first kappa shape index (κ1) is 23.6. The molecule has 0 spiro atoms. The molecule has 0 radical (unpaired) electrons. The summed E-state index contributed by atoms with van der Waals surface area (Å²) >= 11 is 1.17. The monoisotopic (exact) mass is 614 g/mol. The van der Waals surface area contributed by atoms with Crippen LogP contribution in [0.15, 0.2) is 115 Å². The van der Waals surface area contributed by atoms with E-state index in [0.717, 1.165) is 12.8 Å². The van der Waals surface area contributed by atoms with Crippen LogP contribution in [0.25, 0.3) is 22.3 Å². The van der Waals surface area contributed by atoms with Crippen LogP contribution in [-0.4, -0.2) is 3.26 Å². The second kappa shape index (κ2) is 11.1. The second-order valence-corrected chi connectivity index (χ2v) is 11.5. The van der Waals surface area contributed by atoms with Crippen molar-refractivity contribution in [1.82, 2.24) is 0 Å². The van der Waals surface area contributed by atoms with Crippen LogP contribution in [-0.2, 0) is 36.7 Å². The molecule has 5 aromatic rings. The van der Waals surface area contributed by atoms with Crippen molar-refractivity contribution in [2.45, 2.75) is 19.8 Å². The third kappa shape index (κ3) is 5.41. The molecule has 0 saturated carbocycles. The van der Waals surface area contributed by atoms with Gasteiger partial charge in [0.15, 0.2) is 0 Å². The van der Waals surface area contributed by atoms with E-state index in [9.17, 15) is 0 Å². The molecule has 0 unspecified atom stereocenters. The van der Waals surface area contributed by atoms with Gasteiger partial charge in [-0.05, 0) is 12.8 Å². The zero-order valence-corrected chi connectivity index (χ0v) is 23.5.